The fourth-order valence-electron chi connectivity index (χ4n) is 4.35. The lowest BCUT2D eigenvalue weighted by molar-refractivity contribution is -0.123. The third kappa shape index (κ3) is 3.75. The lowest BCUT2D eigenvalue weighted by atomic mass is 9.91. The number of hydrogen-bond donors (Lipinski definition) is 1. The van der Waals surface area contributed by atoms with Crippen LogP contribution in [0, 0.1) is 5.92 Å². The minimum absolute atomic E-state index is 0.278. The number of rotatable bonds is 3. The van der Waals surface area contributed by atoms with E-state index in [1.165, 1.54) is 5.01 Å². The average molecular weight is 545 g/mol. The van der Waals surface area contributed by atoms with Crippen molar-refractivity contribution in [3.8, 4) is 0 Å². The Morgan fingerprint density at radius 3 is 2.33 bits per heavy atom. The molecule has 0 aromatic heterocycles. The van der Waals surface area contributed by atoms with Gasteiger partial charge in [0.2, 0.25) is 5.91 Å². The molecular weight excluding hydrogens is 529 g/mol. The topological polar surface area (TPSA) is 69.7 Å². The Labute approximate surface area is 208 Å². The maximum absolute atomic E-state index is 13.6. The van der Waals surface area contributed by atoms with E-state index in [4.69, 9.17) is 23.2 Å². The molecule has 0 spiro atoms. The number of hydrazine groups is 1. The van der Waals surface area contributed by atoms with Crippen LogP contribution < -0.4 is 10.3 Å². The molecule has 2 fully saturated rings. The molecule has 2 aliphatic heterocycles. The van der Waals surface area contributed by atoms with Crippen molar-refractivity contribution in [1.82, 2.24) is 10.4 Å². The molecule has 6 nitrogen and oxygen atoms in total. The van der Waals surface area contributed by atoms with Crippen molar-refractivity contribution in [3.63, 3.8) is 0 Å². The van der Waals surface area contributed by atoms with Gasteiger partial charge in [-0.15, -0.1) is 0 Å². The van der Waals surface area contributed by atoms with Gasteiger partial charge in [-0.25, -0.2) is 10.3 Å². The molecule has 0 unspecified atom stereocenters. The zero-order chi connectivity index (χ0) is 23.3. The summed E-state index contributed by atoms with van der Waals surface area (Å²) in [5.74, 6) is -2.17. The van der Waals surface area contributed by atoms with Crippen LogP contribution >= 0.6 is 39.1 Å². The fraction of sp³-hybridized carbons (Fsp3) is 0.125. The van der Waals surface area contributed by atoms with Gasteiger partial charge in [0.25, 0.3) is 11.8 Å². The number of benzene rings is 3. The van der Waals surface area contributed by atoms with Crippen LogP contribution in [-0.2, 0) is 9.59 Å². The minimum atomic E-state index is -1.03. The molecule has 2 saturated heterocycles. The van der Waals surface area contributed by atoms with Crippen molar-refractivity contribution < 1.29 is 14.4 Å². The van der Waals surface area contributed by atoms with Crippen molar-refractivity contribution in [2.75, 3.05) is 4.90 Å². The lowest BCUT2D eigenvalue weighted by Crippen LogP contribution is -2.48. The van der Waals surface area contributed by atoms with Crippen LogP contribution in [0.1, 0.15) is 22.0 Å². The number of carbonyl (C=O) groups is 3. The quantitative estimate of drug-likeness (QED) is 0.470. The summed E-state index contributed by atoms with van der Waals surface area (Å²) < 4.78 is 0.727. The highest BCUT2D eigenvalue weighted by atomic mass is 79.9. The standard InChI is InChI=1S/C24H16BrCl2N3O3/c25-15-5-3-4-14(12-15)22(31)30-21-19(20(28-30)13-8-10-16(26)11-9-13)23(32)29(24(21)33)18-7-2-1-6-17(18)27/h1-12,19-21,28H/t19-,20+,21-/m1/s1. The largest absolute Gasteiger partial charge is 0.274 e. The number of carbonyl (C=O) groups excluding carboxylic acids is 3. The Balaban J connectivity index is 1.60. The molecule has 0 saturated carbocycles. The van der Waals surface area contributed by atoms with Crippen LogP contribution in [0.25, 0.3) is 0 Å². The van der Waals surface area contributed by atoms with Crippen molar-refractivity contribution in [3.05, 3.63) is 98.4 Å². The Hall–Kier alpha value is -2.71. The predicted octanol–water partition coefficient (Wildman–Crippen LogP) is 5.02. The first-order chi connectivity index (χ1) is 15.9. The average Bonchev–Trinajstić information content (AvgIpc) is 3.31. The summed E-state index contributed by atoms with van der Waals surface area (Å²) in [4.78, 5) is 41.7. The minimum Gasteiger partial charge on any atom is -0.274 e. The van der Waals surface area contributed by atoms with E-state index in [1.807, 2.05) is 0 Å². The normalized spacial score (nSPS) is 22.1. The molecule has 5 rings (SSSR count). The first-order valence-corrected chi connectivity index (χ1v) is 11.6. The molecule has 166 valence electrons. The summed E-state index contributed by atoms with van der Waals surface area (Å²) in [5, 5.41) is 2.09. The van der Waals surface area contributed by atoms with Crippen molar-refractivity contribution in [2.45, 2.75) is 12.1 Å². The Morgan fingerprint density at radius 2 is 1.64 bits per heavy atom. The second-order valence-corrected chi connectivity index (χ2v) is 9.54. The highest BCUT2D eigenvalue weighted by Gasteiger charge is 2.60. The third-order valence-electron chi connectivity index (χ3n) is 5.85. The van der Waals surface area contributed by atoms with E-state index in [0.717, 1.165) is 14.9 Å². The van der Waals surface area contributed by atoms with Gasteiger partial charge >= 0.3 is 0 Å². The van der Waals surface area contributed by atoms with E-state index in [9.17, 15) is 14.4 Å². The maximum atomic E-state index is 13.6. The van der Waals surface area contributed by atoms with E-state index >= 15 is 0 Å². The van der Waals surface area contributed by atoms with Gasteiger partial charge in [-0.3, -0.25) is 19.4 Å². The third-order valence-corrected chi connectivity index (χ3v) is 6.91. The van der Waals surface area contributed by atoms with E-state index < -0.39 is 35.7 Å². The number of fused-ring (bicyclic) bond motifs is 1. The lowest BCUT2D eigenvalue weighted by Gasteiger charge is -2.25. The monoisotopic (exact) mass is 543 g/mol. The predicted molar refractivity (Wildman–Crippen MR) is 129 cm³/mol. The molecule has 2 aliphatic rings. The summed E-state index contributed by atoms with van der Waals surface area (Å²) in [5.41, 5.74) is 4.53. The van der Waals surface area contributed by atoms with Crippen LogP contribution in [0.5, 0.6) is 0 Å². The fourth-order valence-corrected chi connectivity index (χ4v) is 5.10. The number of amides is 3. The highest BCUT2D eigenvalue weighted by Crippen LogP contribution is 2.43. The van der Waals surface area contributed by atoms with E-state index in [2.05, 4.69) is 21.4 Å². The van der Waals surface area contributed by atoms with Gasteiger partial charge in [0.1, 0.15) is 6.04 Å². The van der Waals surface area contributed by atoms with Gasteiger partial charge in [-0.2, -0.15) is 0 Å². The van der Waals surface area contributed by atoms with Crippen molar-refractivity contribution in [2.24, 2.45) is 5.92 Å². The van der Waals surface area contributed by atoms with Gasteiger partial charge in [-0.1, -0.05) is 69.5 Å². The van der Waals surface area contributed by atoms with Crippen LogP contribution in [0.2, 0.25) is 10.0 Å². The summed E-state index contributed by atoms with van der Waals surface area (Å²) in [7, 11) is 0. The zero-order valence-electron chi connectivity index (χ0n) is 16.9. The van der Waals surface area contributed by atoms with Gasteiger partial charge in [-0.05, 0) is 48.0 Å². The molecule has 0 bridgehead atoms. The van der Waals surface area contributed by atoms with E-state index in [1.54, 1.807) is 72.8 Å². The molecule has 3 amide bonds. The van der Waals surface area contributed by atoms with Gasteiger partial charge in [0.15, 0.2) is 0 Å². The molecule has 2 heterocycles. The highest BCUT2D eigenvalue weighted by molar-refractivity contribution is 9.10. The summed E-state index contributed by atoms with van der Waals surface area (Å²) >= 11 is 15.7. The number of imide groups is 1. The Bertz CT molecular complexity index is 1280. The van der Waals surface area contributed by atoms with E-state index in [0.29, 0.717) is 16.3 Å². The van der Waals surface area contributed by atoms with Crippen LogP contribution in [0.3, 0.4) is 0 Å². The first-order valence-electron chi connectivity index (χ1n) is 10.1. The molecule has 9 heteroatoms. The number of hydrogen-bond acceptors (Lipinski definition) is 4. The Morgan fingerprint density at radius 1 is 0.909 bits per heavy atom. The summed E-state index contributed by atoms with van der Waals surface area (Å²) in [6, 6.07) is 18.9. The van der Waals surface area contributed by atoms with Gasteiger partial charge in [0.05, 0.1) is 22.7 Å². The summed E-state index contributed by atoms with van der Waals surface area (Å²) in [6.45, 7) is 0. The van der Waals surface area contributed by atoms with Crippen LogP contribution in [0.15, 0.2) is 77.3 Å². The molecule has 1 N–H and O–H groups in total. The number of nitrogens with zero attached hydrogens (tertiary/aromatic N) is 2. The SMILES string of the molecule is O=C1[C@@H]2[C@H](c3ccc(Cl)cc3)NN(C(=O)c3cccc(Br)c3)[C@H]2C(=O)N1c1ccccc1Cl. The second kappa shape index (κ2) is 8.57. The maximum Gasteiger partial charge on any atom is 0.268 e. The molecule has 0 aliphatic carbocycles. The number of para-hydroxylation sites is 1. The molecular formula is C24H16BrCl2N3O3. The number of nitrogens with one attached hydrogen (secondary N) is 1. The van der Waals surface area contributed by atoms with Gasteiger partial charge < -0.3 is 0 Å². The molecule has 3 aromatic carbocycles. The Kier molecular flexibility index (Phi) is 5.74. The van der Waals surface area contributed by atoms with E-state index in [-0.39, 0.29) is 5.02 Å². The van der Waals surface area contributed by atoms with Crippen LogP contribution in [0.4, 0.5) is 5.69 Å². The number of anilines is 1. The van der Waals surface area contributed by atoms with Gasteiger partial charge in [0, 0.05) is 15.1 Å². The molecule has 0 radical (unpaired) electrons. The molecule has 3 atom stereocenters. The van der Waals surface area contributed by atoms with Crippen molar-refractivity contribution in [1.29, 1.82) is 0 Å². The smallest absolute Gasteiger partial charge is 0.268 e. The molecule has 33 heavy (non-hydrogen) atoms. The molecule has 3 aromatic rings. The van der Waals surface area contributed by atoms with Crippen LogP contribution in [-0.4, -0.2) is 28.8 Å². The first kappa shape index (κ1) is 22.1. The summed E-state index contributed by atoms with van der Waals surface area (Å²) in [6.07, 6.45) is 0. The van der Waals surface area contributed by atoms with Crippen molar-refractivity contribution >= 4 is 62.5 Å². The number of halogens is 3. The second-order valence-electron chi connectivity index (χ2n) is 7.78. The zero-order valence-corrected chi connectivity index (χ0v) is 20.0.